The summed E-state index contributed by atoms with van der Waals surface area (Å²) in [5.41, 5.74) is 3.94. The number of amides is 1. The van der Waals surface area contributed by atoms with Crippen LogP contribution in [0.5, 0.6) is 0 Å². The number of hydrogen-bond acceptors (Lipinski definition) is 3. The van der Waals surface area contributed by atoms with Gasteiger partial charge in [0.2, 0.25) is 5.91 Å². The summed E-state index contributed by atoms with van der Waals surface area (Å²) in [5, 5.41) is 5.79. The van der Waals surface area contributed by atoms with Crippen LogP contribution in [0.15, 0.2) is 28.9 Å². The Morgan fingerprint density at radius 2 is 2.16 bits per heavy atom. The number of hydrogen-bond donors (Lipinski definition) is 0. The average molecular weight is 358 g/mol. The van der Waals surface area contributed by atoms with Crippen molar-refractivity contribution < 1.29 is 9.32 Å². The molecule has 1 fully saturated rings. The quantitative estimate of drug-likeness (QED) is 0.684. The van der Waals surface area contributed by atoms with Crippen LogP contribution in [-0.2, 0) is 4.79 Å². The van der Waals surface area contributed by atoms with E-state index in [9.17, 15) is 4.79 Å². The molecule has 0 bridgehead atoms. The standard InChI is InChI=1S/C19H20ClN3O2/c1-11-19(12(2)25-21-11)14-8-17(20)16-5-7-23(18(16)9-14)15-4-6-22(10-15)13(3)24/h5,7-9,15H,4,6,10H2,1-3H3. The second-order valence-corrected chi connectivity index (χ2v) is 7.13. The van der Waals surface area contributed by atoms with E-state index in [1.165, 1.54) is 0 Å². The lowest BCUT2D eigenvalue weighted by Crippen LogP contribution is -2.26. The number of fused-ring (bicyclic) bond motifs is 1. The van der Waals surface area contributed by atoms with E-state index in [4.69, 9.17) is 16.1 Å². The number of likely N-dealkylation sites (tertiary alicyclic amines) is 1. The number of rotatable bonds is 2. The molecule has 1 atom stereocenters. The van der Waals surface area contributed by atoms with Crippen LogP contribution >= 0.6 is 11.6 Å². The molecule has 1 aliphatic rings. The highest BCUT2D eigenvalue weighted by Gasteiger charge is 2.26. The first kappa shape index (κ1) is 16.2. The molecule has 1 amide bonds. The molecule has 0 aliphatic carbocycles. The van der Waals surface area contributed by atoms with Crippen LogP contribution in [-0.4, -0.2) is 33.6 Å². The highest BCUT2D eigenvalue weighted by Crippen LogP contribution is 2.36. The van der Waals surface area contributed by atoms with Crippen molar-refractivity contribution in [2.45, 2.75) is 33.2 Å². The van der Waals surface area contributed by atoms with Crippen molar-refractivity contribution in [1.82, 2.24) is 14.6 Å². The van der Waals surface area contributed by atoms with Gasteiger partial charge in [-0.1, -0.05) is 16.8 Å². The lowest BCUT2D eigenvalue weighted by molar-refractivity contribution is -0.127. The van der Waals surface area contributed by atoms with Gasteiger partial charge in [-0.25, -0.2) is 0 Å². The van der Waals surface area contributed by atoms with Crippen molar-refractivity contribution in [3.63, 3.8) is 0 Å². The molecular formula is C19H20ClN3O2. The Morgan fingerprint density at radius 1 is 1.36 bits per heavy atom. The van der Waals surface area contributed by atoms with Crippen LogP contribution in [0.1, 0.15) is 30.8 Å². The zero-order valence-corrected chi connectivity index (χ0v) is 15.3. The van der Waals surface area contributed by atoms with E-state index in [0.717, 1.165) is 53.0 Å². The summed E-state index contributed by atoms with van der Waals surface area (Å²) in [4.78, 5) is 13.5. The largest absolute Gasteiger partial charge is 0.361 e. The molecule has 0 N–H and O–H groups in total. The maximum Gasteiger partial charge on any atom is 0.219 e. The monoisotopic (exact) mass is 357 g/mol. The fourth-order valence-electron chi connectivity index (χ4n) is 3.83. The molecule has 2 aromatic heterocycles. The third-order valence-corrected chi connectivity index (χ3v) is 5.42. The highest BCUT2D eigenvalue weighted by atomic mass is 35.5. The Balaban J connectivity index is 1.82. The number of carbonyl (C=O) groups is 1. The summed E-state index contributed by atoms with van der Waals surface area (Å²) < 4.78 is 7.55. The van der Waals surface area contributed by atoms with Crippen molar-refractivity contribution in [2.75, 3.05) is 13.1 Å². The number of aryl methyl sites for hydroxylation is 2. The van der Waals surface area contributed by atoms with Gasteiger partial charge in [-0.3, -0.25) is 4.79 Å². The summed E-state index contributed by atoms with van der Waals surface area (Å²) in [7, 11) is 0. The fourth-order valence-corrected chi connectivity index (χ4v) is 4.11. The van der Waals surface area contributed by atoms with Crippen molar-refractivity contribution in [1.29, 1.82) is 0 Å². The first-order chi connectivity index (χ1) is 12.0. The predicted molar refractivity (Wildman–Crippen MR) is 97.8 cm³/mol. The van der Waals surface area contributed by atoms with Gasteiger partial charge in [-0.15, -0.1) is 0 Å². The zero-order valence-electron chi connectivity index (χ0n) is 14.5. The van der Waals surface area contributed by atoms with Crippen LogP contribution in [0.2, 0.25) is 5.02 Å². The lowest BCUT2D eigenvalue weighted by Gasteiger charge is -2.16. The molecule has 0 radical (unpaired) electrons. The smallest absolute Gasteiger partial charge is 0.219 e. The Morgan fingerprint density at radius 3 is 2.80 bits per heavy atom. The van der Waals surface area contributed by atoms with E-state index in [1.807, 2.05) is 30.9 Å². The van der Waals surface area contributed by atoms with E-state index in [0.29, 0.717) is 5.02 Å². The normalized spacial score (nSPS) is 17.6. The average Bonchev–Trinajstić information content (AvgIpc) is 3.25. The number of nitrogens with zero attached hydrogens (tertiary/aromatic N) is 3. The Labute approximate surface area is 151 Å². The molecule has 25 heavy (non-hydrogen) atoms. The molecule has 130 valence electrons. The van der Waals surface area contributed by atoms with Gasteiger partial charge in [0, 0.05) is 37.2 Å². The Hall–Kier alpha value is -2.27. The van der Waals surface area contributed by atoms with E-state index < -0.39 is 0 Å². The summed E-state index contributed by atoms with van der Waals surface area (Å²) in [6.07, 6.45) is 3.03. The molecule has 3 aromatic rings. The fraction of sp³-hybridized carbons (Fsp3) is 0.368. The van der Waals surface area contributed by atoms with Crippen LogP contribution in [0, 0.1) is 13.8 Å². The van der Waals surface area contributed by atoms with Gasteiger partial charge < -0.3 is 14.0 Å². The second kappa shape index (κ2) is 5.92. The van der Waals surface area contributed by atoms with E-state index in [-0.39, 0.29) is 11.9 Å². The summed E-state index contributed by atoms with van der Waals surface area (Å²) in [6.45, 7) is 7.02. The van der Waals surface area contributed by atoms with Gasteiger partial charge in [-0.05, 0) is 44.0 Å². The molecule has 6 heteroatoms. The van der Waals surface area contributed by atoms with Crippen LogP contribution in [0.3, 0.4) is 0 Å². The van der Waals surface area contributed by atoms with Crippen LogP contribution in [0.4, 0.5) is 0 Å². The molecule has 5 nitrogen and oxygen atoms in total. The predicted octanol–water partition coefficient (Wildman–Crippen LogP) is 4.36. The van der Waals surface area contributed by atoms with Gasteiger partial charge >= 0.3 is 0 Å². The molecule has 3 heterocycles. The summed E-state index contributed by atoms with van der Waals surface area (Å²) in [6, 6.07) is 6.43. The van der Waals surface area contributed by atoms with Gasteiger partial charge in [0.25, 0.3) is 0 Å². The molecular weight excluding hydrogens is 338 g/mol. The molecule has 1 unspecified atom stereocenters. The molecule has 1 aliphatic heterocycles. The van der Waals surface area contributed by atoms with E-state index >= 15 is 0 Å². The number of aromatic nitrogens is 2. The first-order valence-electron chi connectivity index (χ1n) is 8.44. The summed E-state index contributed by atoms with van der Waals surface area (Å²) >= 11 is 6.55. The SMILES string of the molecule is CC(=O)N1CCC(n2ccc3c(Cl)cc(-c4c(C)noc4C)cc32)C1. The van der Waals surface area contributed by atoms with Crippen molar-refractivity contribution in [3.8, 4) is 11.1 Å². The number of benzene rings is 1. The molecule has 1 saturated heterocycles. The molecule has 0 saturated carbocycles. The van der Waals surface area contributed by atoms with Crippen LogP contribution in [0.25, 0.3) is 22.0 Å². The van der Waals surface area contributed by atoms with Gasteiger partial charge in [0.05, 0.1) is 22.3 Å². The third kappa shape index (κ3) is 2.63. The van der Waals surface area contributed by atoms with E-state index in [2.05, 4.69) is 22.0 Å². The number of carbonyl (C=O) groups excluding carboxylic acids is 1. The van der Waals surface area contributed by atoms with Gasteiger partial charge in [0.1, 0.15) is 5.76 Å². The lowest BCUT2D eigenvalue weighted by atomic mass is 10.0. The third-order valence-electron chi connectivity index (χ3n) is 5.11. The number of halogens is 1. The minimum Gasteiger partial charge on any atom is -0.361 e. The van der Waals surface area contributed by atoms with Gasteiger partial charge in [0.15, 0.2) is 0 Å². The van der Waals surface area contributed by atoms with Crippen molar-refractivity contribution in [3.05, 3.63) is 40.9 Å². The molecule has 0 spiro atoms. The Kier molecular flexibility index (Phi) is 3.84. The second-order valence-electron chi connectivity index (χ2n) is 6.72. The minimum absolute atomic E-state index is 0.133. The topological polar surface area (TPSA) is 51.3 Å². The molecule has 4 rings (SSSR count). The Bertz CT molecular complexity index is 953. The van der Waals surface area contributed by atoms with Gasteiger partial charge in [-0.2, -0.15) is 0 Å². The van der Waals surface area contributed by atoms with Crippen molar-refractivity contribution >= 4 is 28.4 Å². The zero-order chi connectivity index (χ0) is 17.7. The maximum absolute atomic E-state index is 11.6. The molecule has 1 aromatic carbocycles. The highest BCUT2D eigenvalue weighted by molar-refractivity contribution is 6.35. The summed E-state index contributed by atoms with van der Waals surface area (Å²) in [5.74, 6) is 0.919. The van der Waals surface area contributed by atoms with Crippen molar-refractivity contribution in [2.24, 2.45) is 0 Å². The minimum atomic E-state index is 0.133. The first-order valence-corrected chi connectivity index (χ1v) is 8.82. The maximum atomic E-state index is 11.6. The van der Waals surface area contributed by atoms with Crippen LogP contribution < -0.4 is 0 Å². The van der Waals surface area contributed by atoms with E-state index in [1.54, 1.807) is 6.92 Å².